The van der Waals surface area contributed by atoms with E-state index in [1.165, 1.54) is 0 Å². The summed E-state index contributed by atoms with van der Waals surface area (Å²) >= 11 is 0. The first-order chi connectivity index (χ1) is 6.93. The van der Waals surface area contributed by atoms with Crippen LogP contribution in [0.4, 0.5) is 0 Å². The van der Waals surface area contributed by atoms with Gasteiger partial charge in [0.2, 0.25) is 0 Å². The highest BCUT2D eigenvalue weighted by Crippen LogP contribution is 2.57. The molecule has 86 valence electrons. The molecule has 4 atom stereocenters. The topological polar surface area (TPSA) is 53.0 Å². The molecule has 0 aromatic rings. The Morgan fingerprint density at radius 1 is 1.60 bits per heavy atom. The lowest BCUT2D eigenvalue weighted by Crippen LogP contribution is -2.50. The second-order valence-electron chi connectivity index (χ2n) is 5.20. The Morgan fingerprint density at radius 2 is 2.27 bits per heavy atom. The van der Waals surface area contributed by atoms with Crippen molar-refractivity contribution in [2.24, 2.45) is 5.92 Å². The van der Waals surface area contributed by atoms with Crippen molar-refractivity contribution in [3.05, 3.63) is 12.2 Å². The van der Waals surface area contributed by atoms with Crippen molar-refractivity contribution in [2.45, 2.75) is 50.4 Å². The molecule has 1 aliphatic heterocycles. The summed E-state index contributed by atoms with van der Waals surface area (Å²) < 4.78 is 5.61. The fraction of sp³-hybridized carbons (Fsp3) is 0.833. The Kier molecular flexibility index (Phi) is 2.45. The summed E-state index contributed by atoms with van der Waals surface area (Å²) in [5, 5.41) is 19.6. The first-order valence-electron chi connectivity index (χ1n) is 5.59. The van der Waals surface area contributed by atoms with Crippen LogP contribution >= 0.6 is 0 Å². The molecule has 1 saturated carbocycles. The zero-order chi connectivity index (χ0) is 11.3. The van der Waals surface area contributed by atoms with Crippen molar-refractivity contribution in [1.82, 2.24) is 0 Å². The van der Waals surface area contributed by atoms with E-state index < -0.39 is 11.2 Å². The molecule has 2 aliphatic rings. The molecule has 0 radical (unpaired) electrons. The Hall–Kier alpha value is -0.380. The SMILES string of the molecule is C=C(C)[C@@H]1C[C@@H]2O[C@]2(C)[C@@](O)(CCO)C1. The van der Waals surface area contributed by atoms with Crippen molar-refractivity contribution in [1.29, 1.82) is 0 Å². The minimum absolute atomic E-state index is 0.00504. The number of hydrogen-bond acceptors (Lipinski definition) is 3. The molecule has 0 spiro atoms. The summed E-state index contributed by atoms with van der Waals surface area (Å²) in [5.74, 6) is 0.321. The maximum Gasteiger partial charge on any atom is 0.121 e. The normalized spacial score (nSPS) is 48.5. The maximum absolute atomic E-state index is 10.5. The number of allylic oxidation sites excluding steroid dienone is 1. The van der Waals surface area contributed by atoms with Gasteiger partial charge >= 0.3 is 0 Å². The molecule has 0 aromatic carbocycles. The largest absolute Gasteiger partial charge is 0.396 e. The predicted molar refractivity (Wildman–Crippen MR) is 57.5 cm³/mol. The lowest BCUT2D eigenvalue weighted by molar-refractivity contribution is -0.0665. The van der Waals surface area contributed by atoms with Crippen LogP contribution in [-0.2, 0) is 4.74 Å². The van der Waals surface area contributed by atoms with E-state index in [0.29, 0.717) is 18.8 Å². The van der Waals surface area contributed by atoms with Gasteiger partial charge in [0.1, 0.15) is 5.60 Å². The quantitative estimate of drug-likeness (QED) is 0.546. The van der Waals surface area contributed by atoms with Gasteiger partial charge in [-0.15, -0.1) is 0 Å². The molecule has 15 heavy (non-hydrogen) atoms. The molecule has 1 saturated heterocycles. The highest BCUT2D eigenvalue weighted by atomic mass is 16.6. The van der Waals surface area contributed by atoms with Gasteiger partial charge in [0.25, 0.3) is 0 Å². The number of rotatable bonds is 3. The van der Waals surface area contributed by atoms with Gasteiger partial charge in [-0.1, -0.05) is 12.2 Å². The van der Waals surface area contributed by atoms with Gasteiger partial charge in [0.05, 0.1) is 11.7 Å². The zero-order valence-electron chi connectivity index (χ0n) is 9.49. The number of aliphatic hydroxyl groups excluding tert-OH is 1. The van der Waals surface area contributed by atoms with Crippen LogP contribution in [0.3, 0.4) is 0 Å². The van der Waals surface area contributed by atoms with E-state index in [1.807, 2.05) is 13.8 Å². The van der Waals surface area contributed by atoms with Crippen molar-refractivity contribution in [3.8, 4) is 0 Å². The summed E-state index contributed by atoms with van der Waals surface area (Å²) in [6.45, 7) is 7.90. The number of aliphatic hydroxyl groups is 2. The summed E-state index contributed by atoms with van der Waals surface area (Å²) in [6.07, 6.45) is 2.16. The van der Waals surface area contributed by atoms with Crippen LogP contribution in [0.5, 0.6) is 0 Å². The molecular weight excluding hydrogens is 192 g/mol. The molecule has 2 fully saturated rings. The van der Waals surface area contributed by atoms with Gasteiger partial charge in [-0.05, 0) is 32.6 Å². The highest BCUT2D eigenvalue weighted by molar-refractivity contribution is 5.20. The van der Waals surface area contributed by atoms with Crippen LogP contribution in [0.15, 0.2) is 12.2 Å². The minimum Gasteiger partial charge on any atom is -0.396 e. The van der Waals surface area contributed by atoms with Gasteiger partial charge in [0.15, 0.2) is 0 Å². The average molecular weight is 212 g/mol. The van der Waals surface area contributed by atoms with E-state index >= 15 is 0 Å². The van der Waals surface area contributed by atoms with Crippen molar-refractivity contribution in [2.75, 3.05) is 6.61 Å². The minimum atomic E-state index is -0.881. The van der Waals surface area contributed by atoms with Crippen LogP contribution in [0.2, 0.25) is 0 Å². The predicted octanol–water partition coefficient (Wildman–Crippen LogP) is 1.24. The van der Waals surface area contributed by atoms with E-state index in [-0.39, 0.29) is 12.7 Å². The van der Waals surface area contributed by atoms with E-state index in [0.717, 1.165) is 12.0 Å². The Bertz CT molecular complexity index is 289. The average Bonchev–Trinajstić information content (AvgIpc) is 2.78. The van der Waals surface area contributed by atoms with E-state index in [2.05, 4.69) is 6.58 Å². The lowest BCUT2D eigenvalue weighted by Gasteiger charge is -2.39. The van der Waals surface area contributed by atoms with Crippen LogP contribution in [0.1, 0.15) is 33.1 Å². The van der Waals surface area contributed by atoms with Crippen LogP contribution in [0, 0.1) is 5.92 Å². The standard InChI is InChI=1S/C12H20O3/c1-8(2)9-6-10-11(3,15-10)12(14,7-9)4-5-13/h9-10,13-14H,1,4-7H2,2-3H3/t9-,10+,11+,12-/m1/s1. The maximum atomic E-state index is 10.5. The molecule has 3 nitrogen and oxygen atoms in total. The smallest absolute Gasteiger partial charge is 0.121 e. The fourth-order valence-corrected chi connectivity index (χ4v) is 2.81. The van der Waals surface area contributed by atoms with Gasteiger partial charge in [-0.3, -0.25) is 0 Å². The zero-order valence-corrected chi connectivity index (χ0v) is 9.49. The summed E-state index contributed by atoms with van der Waals surface area (Å²) in [6, 6.07) is 0. The second kappa shape index (κ2) is 3.30. The third-order valence-electron chi connectivity index (χ3n) is 4.17. The van der Waals surface area contributed by atoms with Gasteiger partial charge in [-0.25, -0.2) is 0 Å². The molecule has 0 aromatic heterocycles. The molecule has 3 heteroatoms. The van der Waals surface area contributed by atoms with Crippen LogP contribution < -0.4 is 0 Å². The molecule has 0 amide bonds. The van der Waals surface area contributed by atoms with Gasteiger partial charge in [0, 0.05) is 13.0 Å². The van der Waals surface area contributed by atoms with E-state index in [9.17, 15) is 5.11 Å². The Balaban J connectivity index is 2.17. The first kappa shape index (κ1) is 11.1. The summed E-state index contributed by atoms with van der Waals surface area (Å²) in [4.78, 5) is 0. The first-order valence-corrected chi connectivity index (χ1v) is 5.59. The molecule has 2 N–H and O–H groups in total. The van der Waals surface area contributed by atoms with Crippen LogP contribution in [-0.4, -0.2) is 34.1 Å². The molecule has 2 rings (SSSR count). The van der Waals surface area contributed by atoms with Crippen molar-refractivity contribution >= 4 is 0 Å². The Labute approximate surface area is 90.8 Å². The molecule has 1 aliphatic carbocycles. The monoisotopic (exact) mass is 212 g/mol. The molecular formula is C12H20O3. The molecule has 1 heterocycles. The molecule has 0 unspecified atom stereocenters. The summed E-state index contributed by atoms with van der Waals surface area (Å²) in [5.41, 5.74) is -0.209. The van der Waals surface area contributed by atoms with Crippen molar-refractivity contribution < 1.29 is 14.9 Å². The third kappa shape index (κ3) is 1.53. The second-order valence-corrected chi connectivity index (χ2v) is 5.20. The highest BCUT2D eigenvalue weighted by Gasteiger charge is 2.68. The van der Waals surface area contributed by atoms with Gasteiger partial charge < -0.3 is 14.9 Å². The van der Waals surface area contributed by atoms with E-state index in [4.69, 9.17) is 9.84 Å². The number of hydrogen-bond donors (Lipinski definition) is 2. The third-order valence-corrected chi connectivity index (χ3v) is 4.17. The summed E-state index contributed by atoms with van der Waals surface area (Å²) in [7, 11) is 0. The van der Waals surface area contributed by atoms with Gasteiger partial charge in [-0.2, -0.15) is 0 Å². The fourth-order valence-electron chi connectivity index (χ4n) is 2.81. The molecule has 0 bridgehead atoms. The van der Waals surface area contributed by atoms with Crippen molar-refractivity contribution in [3.63, 3.8) is 0 Å². The van der Waals surface area contributed by atoms with E-state index in [1.54, 1.807) is 0 Å². The number of ether oxygens (including phenoxy) is 1. The number of fused-ring (bicyclic) bond motifs is 1. The Morgan fingerprint density at radius 3 is 2.80 bits per heavy atom. The number of epoxide rings is 1. The lowest BCUT2D eigenvalue weighted by atomic mass is 9.68. The van der Waals surface area contributed by atoms with Crippen LogP contribution in [0.25, 0.3) is 0 Å².